The summed E-state index contributed by atoms with van der Waals surface area (Å²) in [6, 6.07) is 8.38. The van der Waals surface area contributed by atoms with Crippen LogP contribution >= 0.6 is 0 Å². The minimum absolute atomic E-state index is 0.118. The Morgan fingerprint density at radius 2 is 2.17 bits per heavy atom. The van der Waals surface area contributed by atoms with Crippen LogP contribution in [0.15, 0.2) is 34.9 Å². The summed E-state index contributed by atoms with van der Waals surface area (Å²) in [7, 11) is 0. The molecule has 2 heterocycles. The molecule has 5 nitrogen and oxygen atoms in total. The maximum absolute atomic E-state index is 13.1. The van der Waals surface area contributed by atoms with Gasteiger partial charge in [-0.1, -0.05) is 23.7 Å². The number of hydrogen-bond acceptors (Lipinski definition) is 4. The molecule has 1 saturated heterocycles. The van der Waals surface area contributed by atoms with Gasteiger partial charge in [-0.3, -0.25) is 9.69 Å². The molecule has 6 heteroatoms. The number of hydrogen-bond donors (Lipinski definition) is 1. The number of carbonyl (C=O) groups is 1. The molecule has 23 heavy (non-hydrogen) atoms. The number of anilines is 1. The highest BCUT2D eigenvalue weighted by molar-refractivity contribution is 5.91. The Kier molecular flexibility index (Phi) is 4.71. The third-order valence-corrected chi connectivity index (χ3v) is 4.11. The normalized spacial score (nSPS) is 18.8. The quantitative estimate of drug-likeness (QED) is 0.940. The lowest BCUT2D eigenvalue weighted by Crippen LogP contribution is -2.39. The zero-order chi connectivity index (χ0) is 16.2. The van der Waals surface area contributed by atoms with Crippen molar-refractivity contribution in [2.24, 2.45) is 0 Å². The first-order chi connectivity index (χ1) is 11.1. The lowest BCUT2D eigenvalue weighted by Gasteiger charge is -2.35. The molecule has 0 spiro atoms. The molecule has 0 unspecified atom stereocenters. The molecule has 1 aliphatic heterocycles. The van der Waals surface area contributed by atoms with E-state index >= 15 is 0 Å². The second-order valence-electron chi connectivity index (χ2n) is 5.90. The summed E-state index contributed by atoms with van der Waals surface area (Å²) >= 11 is 0. The second-order valence-corrected chi connectivity index (χ2v) is 5.90. The SMILES string of the molecule is Cc1cc(NC(=O)CN2CCCC[C@@H]2c2ccc(F)cc2)no1. The summed E-state index contributed by atoms with van der Waals surface area (Å²) in [6.07, 6.45) is 3.15. The molecule has 0 aliphatic carbocycles. The van der Waals surface area contributed by atoms with E-state index < -0.39 is 0 Å². The van der Waals surface area contributed by atoms with Gasteiger partial charge in [-0.15, -0.1) is 0 Å². The number of rotatable bonds is 4. The van der Waals surface area contributed by atoms with Crippen molar-refractivity contribution in [3.8, 4) is 0 Å². The van der Waals surface area contributed by atoms with Crippen molar-refractivity contribution in [1.29, 1.82) is 0 Å². The predicted molar refractivity (Wildman–Crippen MR) is 84.4 cm³/mol. The first kappa shape index (κ1) is 15.7. The second kappa shape index (κ2) is 6.91. The van der Waals surface area contributed by atoms with E-state index in [-0.39, 0.29) is 24.3 Å². The van der Waals surface area contributed by atoms with Gasteiger partial charge in [0, 0.05) is 12.1 Å². The first-order valence-corrected chi connectivity index (χ1v) is 7.84. The number of likely N-dealkylation sites (tertiary alicyclic amines) is 1. The molecule has 0 radical (unpaired) electrons. The van der Waals surface area contributed by atoms with Crippen LogP contribution in [0.3, 0.4) is 0 Å². The number of carbonyl (C=O) groups excluding carboxylic acids is 1. The standard InChI is InChI=1S/C17H20FN3O2/c1-12-10-16(20-23-12)19-17(22)11-21-9-3-2-4-15(21)13-5-7-14(18)8-6-13/h5-8,10,15H,2-4,9,11H2,1H3,(H,19,20,22)/t15-/m1/s1. The number of nitrogens with zero attached hydrogens (tertiary/aromatic N) is 2. The summed E-state index contributed by atoms with van der Waals surface area (Å²) in [5.74, 6) is 0.730. The van der Waals surface area contributed by atoms with Crippen LogP contribution in [0.1, 0.15) is 36.6 Å². The summed E-state index contributed by atoms with van der Waals surface area (Å²) < 4.78 is 18.1. The highest BCUT2D eigenvalue weighted by atomic mass is 19.1. The molecular formula is C17H20FN3O2. The van der Waals surface area contributed by atoms with E-state index in [0.717, 1.165) is 31.4 Å². The summed E-state index contributed by atoms with van der Waals surface area (Å²) in [5, 5.41) is 6.51. The van der Waals surface area contributed by atoms with Gasteiger partial charge in [-0.05, 0) is 44.0 Å². The Labute approximate surface area is 134 Å². The molecule has 1 aromatic carbocycles. The average molecular weight is 317 g/mol. The molecule has 3 rings (SSSR count). The predicted octanol–water partition coefficient (Wildman–Crippen LogP) is 3.29. The molecule has 1 fully saturated rings. The smallest absolute Gasteiger partial charge is 0.239 e. The van der Waals surface area contributed by atoms with Crippen LogP contribution in [0.2, 0.25) is 0 Å². The highest BCUT2D eigenvalue weighted by Gasteiger charge is 2.25. The van der Waals surface area contributed by atoms with Gasteiger partial charge >= 0.3 is 0 Å². The van der Waals surface area contributed by atoms with E-state index in [1.54, 1.807) is 25.1 Å². The molecule has 122 valence electrons. The Balaban J connectivity index is 1.66. The Morgan fingerprint density at radius 1 is 1.39 bits per heavy atom. The lowest BCUT2D eigenvalue weighted by atomic mass is 9.95. The zero-order valence-electron chi connectivity index (χ0n) is 13.1. The number of amides is 1. The van der Waals surface area contributed by atoms with Crippen molar-refractivity contribution < 1.29 is 13.7 Å². The fourth-order valence-electron chi connectivity index (χ4n) is 3.03. The topological polar surface area (TPSA) is 58.4 Å². The molecule has 0 bridgehead atoms. The summed E-state index contributed by atoms with van der Waals surface area (Å²) in [5.41, 5.74) is 1.05. The van der Waals surface area contributed by atoms with Crippen LogP contribution in [0, 0.1) is 12.7 Å². The van der Waals surface area contributed by atoms with E-state index in [0.29, 0.717) is 11.6 Å². The number of halogens is 1. The van der Waals surface area contributed by atoms with Crippen LogP contribution in [0.25, 0.3) is 0 Å². The fraction of sp³-hybridized carbons (Fsp3) is 0.412. The van der Waals surface area contributed by atoms with E-state index in [4.69, 9.17) is 4.52 Å². The number of benzene rings is 1. The van der Waals surface area contributed by atoms with Crippen molar-refractivity contribution in [3.05, 3.63) is 47.5 Å². The van der Waals surface area contributed by atoms with Gasteiger partial charge in [0.2, 0.25) is 5.91 Å². The third-order valence-electron chi connectivity index (χ3n) is 4.11. The monoisotopic (exact) mass is 317 g/mol. The molecule has 2 aromatic rings. The number of piperidine rings is 1. The minimum atomic E-state index is -0.241. The number of aromatic nitrogens is 1. The van der Waals surface area contributed by atoms with Gasteiger partial charge in [0.1, 0.15) is 11.6 Å². The molecule has 1 atom stereocenters. The van der Waals surface area contributed by atoms with Crippen LogP contribution in [-0.4, -0.2) is 29.1 Å². The van der Waals surface area contributed by atoms with Crippen molar-refractivity contribution in [2.45, 2.75) is 32.2 Å². The van der Waals surface area contributed by atoms with Gasteiger partial charge in [0.15, 0.2) is 5.82 Å². The largest absolute Gasteiger partial charge is 0.360 e. The Hall–Kier alpha value is -2.21. The van der Waals surface area contributed by atoms with Crippen molar-refractivity contribution >= 4 is 11.7 Å². The third kappa shape index (κ3) is 3.96. The molecule has 1 N–H and O–H groups in total. The maximum atomic E-state index is 13.1. The molecule has 1 aliphatic rings. The molecule has 1 aromatic heterocycles. The van der Waals surface area contributed by atoms with Crippen LogP contribution < -0.4 is 5.32 Å². The average Bonchev–Trinajstić information content (AvgIpc) is 2.94. The van der Waals surface area contributed by atoms with Crippen LogP contribution in [-0.2, 0) is 4.79 Å². The van der Waals surface area contributed by atoms with Crippen LogP contribution in [0.4, 0.5) is 10.2 Å². The van der Waals surface area contributed by atoms with Gasteiger partial charge in [0.05, 0.1) is 6.54 Å². The van der Waals surface area contributed by atoms with E-state index in [1.165, 1.54) is 12.1 Å². The molecule has 1 amide bonds. The number of nitrogens with one attached hydrogen (secondary N) is 1. The minimum Gasteiger partial charge on any atom is -0.360 e. The summed E-state index contributed by atoms with van der Waals surface area (Å²) in [6.45, 7) is 2.92. The van der Waals surface area contributed by atoms with Crippen LogP contribution in [0.5, 0.6) is 0 Å². The first-order valence-electron chi connectivity index (χ1n) is 7.84. The number of aryl methyl sites for hydroxylation is 1. The maximum Gasteiger partial charge on any atom is 0.239 e. The van der Waals surface area contributed by atoms with E-state index in [2.05, 4.69) is 15.4 Å². The van der Waals surface area contributed by atoms with Gasteiger partial charge < -0.3 is 9.84 Å². The molecular weight excluding hydrogens is 297 g/mol. The van der Waals surface area contributed by atoms with E-state index in [9.17, 15) is 9.18 Å². The highest BCUT2D eigenvalue weighted by Crippen LogP contribution is 2.30. The fourth-order valence-corrected chi connectivity index (χ4v) is 3.03. The van der Waals surface area contributed by atoms with Gasteiger partial charge in [-0.2, -0.15) is 0 Å². The van der Waals surface area contributed by atoms with E-state index in [1.807, 2.05) is 0 Å². The lowest BCUT2D eigenvalue weighted by molar-refractivity contribution is -0.118. The molecule has 0 saturated carbocycles. The van der Waals surface area contributed by atoms with Crippen molar-refractivity contribution in [3.63, 3.8) is 0 Å². The summed E-state index contributed by atoms with van der Waals surface area (Å²) in [4.78, 5) is 14.4. The van der Waals surface area contributed by atoms with Gasteiger partial charge in [0.25, 0.3) is 0 Å². The van der Waals surface area contributed by atoms with Gasteiger partial charge in [-0.25, -0.2) is 4.39 Å². The van der Waals surface area contributed by atoms with Crippen molar-refractivity contribution in [2.75, 3.05) is 18.4 Å². The Morgan fingerprint density at radius 3 is 2.87 bits per heavy atom. The van der Waals surface area contributed by atoms with Crippen molar-refractivity contribution in [1.82, 2.24) is 10.1 Å². The Bertz CT molecular complexity index is 669. The zero-order valence-corrected chi connectivity index (χ0v) is 13.1.